The highest BCUT2D eigenvalue weighted by molar-refractivity contribution is 6.21. The van der Waals surface area contributed by atoms with Gasteiger partial charge in [0.1, 0.15) is 6.67 Å². The van der Waals surface area contributed by atoms with Gasteiger partial charge >= 0.3 is 0 Å². The monoisotopic (exact) mass is 281 g/mol. The number of nitrogens with one attached hydrogen (secondary N) is 1. The highest BCUT2D eigenvalue weighted by atomic mass is 16.2. The largest absolute Gasteiger partial charge is 0.334 e. The van der Waals surface area contributed by atoms with E-state index in [1.54, 1.807) is 42.6 Å². The molecule has 2 heterocycles. The van der Waals surface area contributed by atoms with Gasteiger partial charge in [-0.25, -0.2) is 0 Å². The molecule has 1 aromatic carbocycles. The molecule has 0 radical (unpaired) electrons. The number of rotatable bonds is 3. The van der Waals surface area contributed by atoms with E-state index in [0.29, 0.717) is 16.7 Å². The molecule has 1 aliphatic heterocycles. The number of pyridine rings is 1. The van der Waals surface area contributed by atoms with Crippen molar-refractivity contribution in [2.45, 2.75) is 0 Å². The van der Waals surface area contributed by atoms with E-state index in [0.717, 1.165) is 4.90 Å². The quantitative estimate of drug-likeness (QED) is 0.853. The molecule has 0 unspecified atom stereocenters. The maximum atomic E-state index is 12.1. The third-order valence-corrected chi connectivity index (χ3v) is 3.20. The average Bonchev–Trinajstić information content (AvgIpc) is 2.78. The van der Waals surface area contributed by atoms with Crippen molar-refractivity contribution in [1.29, 1.82) is 0 Å². The van der Waals surface area contributed by atoms with Crippen LogP contribution >= 0.6 is 0 Å². The second-order valence-corrected chi connectivity index (χ2v) is 4.49. The Hall–Kier alpha value is -3.02. The standard InChI is InChI=1S/C15H11N3O3/c19-13(10-4-3-7-16-8-10)17-9-18-14(20)11-5-1-2-6-12(11)15(18)21/h1-8H,9H2,(H,17,19). The molecule has 0 spiro atoms. The number of hydrogen-bond acceptors (Lipinski definition) is 4. The molecule has 21 heavy (non-hydrogen) atoms. The van der Waals surface area contributed by atoms with Crippen LogP contribution in [0.5, 0.6) is 0 Å². The van der Waals surface area contributed by atoms with Crippen molar-refractivity contribution < 1.29 is 14.4 Å². The second-order valence-electron chi connectivity index (χ2n) is 4.49. The van der Waals surface area contributed by atoms with Gasteiger partial charge in [0.05, 0.1) is 16.7 Å². The van der Waals surface area contributed by atoms with Crippen LogP contribution in [0.15, 0.2) is 48.8 Å². The fourth-order valence-corrected chi connectivity index (χ4v) is 2.13. The lowest BCUT2D eigenvalue weighted by molar-refractivity contribution is 0.0635. The first-order valence-electron chi connectivity index (χ1n) is 6.32. The third-order valence-electron chi connectivity index (χ3n) is 3.20. The van der Waals surface area contributed by atoms with Crippen molar-refractivity contribution >= 4 is 17.7 Å². The van der Waals surface area contributed by atoms with Gasteiger partial charge in [-0.1, -0.05) is 12.1 Å². The molecule has 0 bridgehead atoms. The molecule has 6 heteroatoms. The van der Waals surface area contributed by atoms with Gasteiger partial charge in [0.15, 0.2) is 0 Å². The van der Waals surface area contributed by atoms with Crippen LogP contribution in [0.25, 0.3) is 0 Å². The van der Waals surface area contributed by atoms with Crippen LogP contribution in [-0.4, -0.2) is 34.3 Å². The van der Waals surface area contributed by atoms with E-state index < -0.39 is 11.8 Å². The first-order chi connectivity index (χ1) is 10.2. The highest BCUT2D eigenvalue weighted by Gasteiger charge is 2.35. The predicted molar refractivity (Wildman–Crippen MR) is 73.5 cm³/mol. The molecule has 3 rings (SSSR count). The van der Waals surface area contributed by atoms with Gasteiger partial charge < -0.3 is 5.32 Å². The molecule has 0 saturated carbocycles. The predicted octanol–water partition coefficient (Wildman–Crippen LogP) is 1.07. The minimum Gasteiger partial charge on any atom is -0.334 e. The Labute approximate surface area is 120 Å². The van der Waals surface area contributed by atoms with E-state index in [1.165, 1.54) is 6.20 Å². The van der Waals surface area contributed by atoms with Gasteiger partial charge in [-0.3, -0.25) is 24.3 Å². The summed E-state index contributed by atoms with van der Waals surface area (Å²) in [5.41, 5.74) is 1.09. The summed E-state index contributed by atoms with van der Waals surface area (Å²) < 4.78 is 0. The molecule has 0 fully saturated rings. The van der Waals surface area contributed by atoms with Crippen LogP contribution in [-0.2, 0) is 0 Å². The molecule has 3 amide bonds. The minimum atomic E-state index is -0.401. The Bertz CT molecular complexity index is 693. The van der Waals surface area contributed by atoms with Gasteiger partial charge in [0.25, 0.3) is 17.7 Å². The fourth-order valence-electron chi connectivity index (χ4n) is 2.13. The molecule has 2 aromatic rings. The van der Waals surface area contributed by atoms with Crippen molar-refractivity contribution in [2.75, 3.05) is 6.67 Å². The molecular weight excluding hydrogens is 270 g/mol. The molecule has 1 aromatic heterocycles. The summed E-state index contributed by atoms with van der Waals surface area (Å²) in [5, 5.41) is 2.54. The van der Waals surface area contributed by atoms with E-state index in [2.05, 4.69) is 10.3 Å². The number of imide groups is 1. The number of carbonyl (C=O) groups excluding carboxylic acids is 3. The summed E-state index contributed by atoms with van der Waals surface area (Å²) >= 11 is 0. The summed E-state index contributed by atoms with van der Waals surface area (Å²) in [7, 11) is 0. The summed E-state index contributed by atoms with van der Waals surface area (Å²) in [4.78, 5) is 40.9. The number of nitrogens with zero attached hydrogens (tertiary/aromatic N) is 2. The normalized spacial score (nSPS) is 13.2. The van der Waals surface area contributed by atoms with Gasteiger partial charge in [0, 0.05) is 12.4 Å². The maximum Gasteiger partial charge on any atom is 0.263 e. The number of benzene rings is 1. The van der Waals surface area contributed by atoms with Gasteiger partial charge in [-0.2, -0.15) is 0 Å². The lowest BCUT2D eigenvalue weighted by Gasteiger charge is -2.14. The zero-order chi connectivity index (χ0) is 14.8. The lowest BCUT2D eigenvalue weighted by atomic mass is 10.1. The van der Waals surface area contributed by atoms with Crippen LogP contribution in [0.4, 0.5) is 0 Å². The van der Waals surface area contributed by atoms with Crippen molar-refractivity contribution in [3.8, 4) is 0 Å². The van der Waals surface area contributed by atoms with Gasteiger partial charge in [-0.05, 0) is 24.3 Å². The van der Waals surface area contributed by atoms with E-state index in [1.807, 2.05) is 0 Å². The minimum absolute atomic E-state index is 0.167. The first-order valence-corrected chi connectivity index (χ1v) is 6.32. The number of amides is 3. The number of carbonyl (C=O) groups is 3. The molecular formula is C15H11N3O3. The van der Waals surface area contributed by atoms with Crippen molar-refractivity contribution in [3.05, 3.63) is 65.5 Å². The second kappa shape index (κ2) is 5.16. The number of hydrogen-bond donors (Lipinski definition) is 1. The Morgan fingerprint density at radius 3 is 2.29 bits per heavy atom. The smallest absolute Gasteiger partial charge is 0.263 e. The van der Waals surface area contributed by atoms with E-state index >= 15 is 0 Å². The van der Waals surface area contributed by atoms with Crippen molar-refractivity contribution in [3.63, 3.8) is 0 Å². The molecule has 1 N–H and O–H groups in total. The number of fused-ring (bicyclic) bond motifs is 1. The van der Waals surface area contributed by atoms with Crippen molar-refractivity contribution in [1.82, 2.24) is 15.2 Å². The Balaban J connectivity index is 1.72. The zero-order valence-electron chi connectivity index (χ0n) is 10.9. The number of aromatic nitrogens is 1. The van der Waals surface area contributed by atoms with E-state index in [-0.39, 0.29) is 12.6 Å². The Morgan fingerprint density at radius 2 is 1.71 bits per heavy atom. The summed E-state index contributed by atoms with van der Waals surface area (Å²) in [6, 6.07) is 9.82. The summed E-state index contributed by atoms with van der Waals surface area (Å²) in [6.07, 6.45) is 2.97. The van der Waals surface area contributed by atoms with Gasteiger partial charge in [-0.15, -0.1) is 0 Å². The SMILES string of the molecule is O=C(NCN1C(=O)c2ccccc2C1=O)c1cccnc1. The van der Waals surface area contributed by atoms with E-state index in [4.69, 9.17) is 0 Å². The van der Waals surface area contributed by atoms with Crippen molar-refractivity contribution in [2.24, 2.45) is 0 Å². The lowest BCUT2D eigenvalue weighted by Crippen LogP contribution is -2.40. The maximum absolute atomic E-state index is 12.1. The van der Waals surface area contributed by atoms with Gasteiger partial charge in [0.2, 0.25) is 0 Å². The van der Waals surface area contributed by atoms with Crippen LogP contribution in [0, 0.1) is 0 Å². The molecule has 0 aliphatic carbocycles. The Kier molecular flexibility index (Phi) is 3.19. The topological polar surface area (TPSA) is 79.4 Å². The summed E-state index contributed by atoms with van der Waals surface area (Å²) in [6.45, 7) is -0.167. The fraction of sp³-hybridized carbons (Fsp3) is 0.0667. The third kappa shape index (κ3) is 2.27. The first kappa shape index (κ1) is 13.0. The van der Waals surface area contributed by atoms with Crippen LogP contribution < -0.4 is 5.32 Å². The van der Waals surface area contributed by atoms with Crippen LogP contribution in [0.3, 0.4) is 0 Å². The average molecular weight is 281 g/mol. The highest BCUT2D eigenvalue weighted by Crippen LogP contribution is 2.21. The Morgan fingerprint density at radius 1 is 1.05 bits per heavy atom. The molecule has 1 aliphatic rings. The van der Waals surface area contributed by atoms with Crippen LogP contribution in [0.2, 0.25) is 0 Å². The zero-order valence-corrected chi connectivity index (χ0v) is 10.9. The van der Waals surface area contributed by atoms with Crippen LogP contribution in [0.1, 0.15) is 31.1 Å². The molecule has 104 valence electrons. The molecule has 0 atom stereocenters. The van der Waals surface area contributed by atoms with E-state index in [9.17, 15) is 14.4 Å². The summed E-state index contributed by atoms with van der Waals surface area (Å²) in [5.74, 6) is -1.19. The molecule has 0 saturated heterocycles. The molecule has 6 nitrogen and oxygen atoms in total.